The second kappa shape index (κ2) is 10.5. The lowest BCUT2D eigenvalue weighted by Gasteiger charge is -2.14. The van der Waals surface area contributed by atoms with Crippen LogP contribution in [0.2, 0.25) is 0 Å². The molecule has 3 aromatic rings. The maximum atomic E-state index is 13.2. The van der Waals surface area contributed by atoms with E-state index in [0.29, 0.717) is 0 Å². The number of alkyl halides is 6. The summed E-state index contributed by atoms with van der Waals surface area (Å²) < 4.78 is 79.0. The molecule has 0 saturated carbocycles. The number of benzene rings is 3. The molecule has 0 unspecified atom stereocenters. The minimum Gasteiger partial charge on any atom is -0.360 e. The third-order valence-electron chi connectivity index (χ3n) is 5.50. The maximum absolute atomic E-state index is 13.2. The van der Waals surface area contributed by atoms with Crippen molar-refractivity contribution in [2.75, 3.05) is 15.8 Å². The third-order valence-corrected chi connectivity index (χ3v) is 5.50. The summed E-state index contributed by atoms with van der Waals surface area (Å²) in [5, 5.41) is 7.62. The van der Waals surface area contributed by atoms with E-state index in [4.69, 9.17) is 4.84 Å². The van der Waals surface area contributed by atoms with Crippen molar-refractivity contribution in [2.45, 2.75) is 19.3 Å². The van der Waals surface area contributed by atoms with E-state index < -0.39 is 41.0 Å². The average molecular weight is 548 g/mol. The molecule has 0 atom stereocenters. The van der Waals surface area contributed by atoms with E-state index in [2.05, 4.69) is 10.4 Å². The van der Waals surface area contributed by atoms with E-state index in [0.717, 1.165) is 29.4 Å². The summed E-state index contributed by atoms with van der Waals surface area (Å²) in [4.78, 5) is 30.0. The lowest BCUT2D eigenvalue weighted by Crippen LogP contribution is -2.22. The number of halogens is 6. The third kappa shape index (κ3) is 6.03. The van der Waals surface area contributed by atoms with Crippen molar-refractivity contribution >= 4 is 34.7 Å². The van der Waals surface area contributed by atoms with Crippen LogP contribution in [0.1, 0.15) is 28.4 Å². The van der Waals surface area contributed by atoms with E-state index >= 15 is 0 Å². The Hall–Kier alpha value is -4.81. The van der Waals surface area contributed by atoms with Crippen LogP contribution in [0.4, 0.5) is 43.4 Å². The summed E-state index contributed by atoms with van der Waals surface area (Å²) in [6, 6.07) is 14.5. The largest absolute Gasteiger partial charge is 0.418 e. The fraction of sp³-hybridized carbons (Fsp3) is 0.115. The van der Waals surface area contributed by atoms with Gasteiger partial charge in [0.05, 0.1) is 45.0 Å². The first-order chi connectivity index (χ1) is 18.4. The first-order valence-electron chi connectivity index (χ1n) is 11.1. The molecule has 39 heavy (non-hydrogen) atoms. The highest BCUT2D eigenvalue weighted by atomic mass is 19.4. The summed E-state index contributed by atoms with van der Waals surface area (Å²) in [5.41, 5.74) is -0.177. The second-order valence-corrected chi connectivity index (χ2v) is 8.13. The van der Waals surface area contributed by atoms with Gasteiger partial charge in [-0.3, -0.25) is 4.79 Å². The number of nitrogens with zero attached hydrogens (tertiary/aromatic N) is 2. The lowest BCUT2D eigenvalue weighted by molar-refractivity contribution is -0.137. The number of carbonyl (C=O) groups excluding carboxylic acids is 2. The Labute approximate surface area is 217 Å². The van der Waals surface area contributed by atoms with Crippen molar-refractivity contribution in [3.05, 3.63) is 101 Å². The predicted molar refractivity (Wildman–Crippen MR) is 131 cm³/mol. The SMILES string of the molecule is CC1=NN(c2ccc(C(=O)ONc3ccccc3C(F)(F)F)cc2)C(=O)C1=CNc1ccccc1C(F)(F)F. The number of hydrogen-bond acceptors (Lipinski definition) is 6. The highest BCUT2D eigenvalue weighted by molar-refractivity contribution is 6.29. The van der Waals surface area contributed by atoms with Crippen LogP contribution in [0, 0.1) is 0 Å². The molecule has 0 fully saturated rings. The molecule has 7 nitrogen and oxygen atoms in total. The number of anilines is 3. The van der Waals surface area contributed by atoms with Crippen LogP contribution in [-0.4, -0.2) is 17.6 Å². The molecule has 1 heterocycles. The molecule has 0 aliphatic carbocycles. The normalized spacial score (nSPS) is 14.8. The van der Waals surface area contributed by atoms with Crippen LogP contribution in [0.3, 0.4) is 0 Å². The van der Waals surface area contributed by atoms with Gasteiger partial charge in [0.15, 0.2) is 0 Å². The summed E-state index contributed by atoms with van der Waals surface area (Å²) in [7, 11) is 0. The average Bonchev–Trinajstić information content (AvgIpc) is 3.18. The highest BCUT2D eigenvalue weighted by Gasteiger charge is 2.35. The van der Waals surface area contributed by atoms with Crippen molar-refractivity contribution < 1.29 is 40.8 Å². The quantitative estimate of drug-likeness (QED) is 0.205. The van der Waals surface area contributed by atoms with Crippen molar-refractivity contribution in [3.63, 3.8) is 0 Å². The van der Waals surface area contributed by atoms with Gasteiger partial charge in [-0.15, -0.1) is 0 Å². The van der Waals surface area contributed by atoms with Crippen LogP contribution in [0.25, 0.3) is 0 Å². The van der Waals surface area contributed by atoms with Crippen molar-refractivity contribution in [1.29, 1.82) is 0 Å². The van der Waals surface area contributed by atoms with Crippen LogP contribution in [0.15, 0.2) is 89.7 Å². The highest BCUT2D eigenvalue weighted by Crippen LogP contribution is 2.36. The van der Waals surface area contributed by atoms with Crippen molar-refractivity contribution in [3.8, 4) is 0 Å². The molecule has 0 bridgehead atoms. The second-order valence-electron chi connectivity index (χ2n) is 8.13. The van der Waals surface area contributed by atoms with Gasteiger partial charge in [0, 0.05) is 6.20 Å². The number of carbonyl (C=O) groups is 2. The fourth-order valence-electron chi connectivity index (χ4n) is 3.58. The van der Waals surface area contributed by atoms with E-state index in [1.165, 1.54) is 61.5 Å². The molecule has 1 aliphatic rings. The molecule has 0 aromatic heterocycles. The summed E-state index contributed by atoms with van der Waals surface area (Å²) in [6.07, 6.45) is -8.14. The van der Waals surface area contributed by atoms with Gasteiger partial charge in [-0.2, -0.15) is 36.5 Å². The van der Waals surface area contributed by atoms with Crippen LogP contribution < -0.4 is 15.8 Å². The van der Waals surface area contributed by atoms with Gasteiger partial charge in [0.2, 0.25) is 0 Å². The molecular weight excluding hydrogens is 530 g/mol. The smallest absolute Gasteiger partial charge is 0.360 e. The minimum atomic E-state index is -4.66. The van der Waals surface area contributed by atoms with Gasteiger partial charge in [0.1, 0.15) is 0 Å². The Bertz CT molecular complexity index is 1460. The monoisotopic (exact) mass is 548 g/mol. The first-order valence-corrected chi connectivity index (χ1v) is 11.1. The number of hydrogen-bond donors (Lipinski definition) is 2. The molecule has 0 spiro atoms. The molecular formula is C26H18F6N4O3. The number of amides is 1. The summed E-state index contributed by atoms with van der Waals surface area (Å²) in [6.45, 7) is 1.50. The van der Waals surface area contributed by atoms with Gasteiger partial charge in [-0.1, -0.05) is 24.3 Å². The topological polar surface area (TPSA) is 83.0 Å². The zero-order valence-electron chi connectivity index (χ0n) is 19.9. The Morgan fingerprint density at radius 3 is 1.97 bits per heavy atom. The predicted octanol–water partition coefficient (Wildman–Crippen LogP) is 6.63. The summed E-state index contributed by atoms with van der Waals surface area (Å²) >= 11 is 0. The zero-order valence-corrected chi connectivity index (χ0v) is 19.9. The lowest BCUT2D eigenvalue weighted by atomic mass is 10.1. The number of hydrazone groups is 1. The van der Waals surface area contributed by atoms with E-state index in [-0.39, 0.29) is 28.2 Å². The van der Waals surface area contributed by atoms with Crippen molar-refractivity contribution in [2.24, 2.45) is 5.10 Å². The van der Waals surface area contributed by atoms with Gasteiger partial charge < -0.3 is 10.2 Å². The van der Waals surface area contributed by atoms with Gasteiger partial charge in [0.25, 0.3) is 5.91 Å². The fourth-order valence-corrected chi connectivity index (χ4v) is 3.58. The van der Waals surface area contributed by atoms with Crippen LogP contribution >= 0.6 is 0 Å². The molecule has 3 aromatic carbocycles. The minimum absolute atomic E-state index is 0.0167. The molecule has 1 aliphatic heterocycles. The molecule has 2 N–H and O–H groups in total. The molecule has 0 radical (unpaired) electrons. The van der Waals surface area contributed by atoms with Crippen LogP contribution in [0.5, 0.6) is 0 Å². The van der Waals surface area contributed by atoms with E-state index in [1.807, 2.05) is 5.48 Å². The number of nitrogens with one attached hydrogen (secondary N) is 2. The Morgan fingerprint density at radius 2 is 1.38 bits per heavy atom. The Morgan fingerprint density at radius 1 is 0.846 bits per heavy atom. The molecule has 13 heteroatoms. The molecule has 202 valence electrons. The van der Waals surface area contributed by atoms with Crippen LogP contribution in [-0.2, 0) is 22.0 Å². The number of rotatable bonds is 6. The van der Waals surface area contributed by atoms with Gasteiger partial charge >= 0.3 is 18.3 Å². The summed E-state index contributed by atoms with van der Waals surface area (Å²) in [5.74, 6) is -1.62. The molecule has 0 saturated heterocycles. The molecule has 1 amide bonds. The van der Waals surface area contributed by atoms with Crippen molar-refractivity contribution in [1.82, 2.24) is 0 Å². The maximum Gasteiger partial charge on any atom is 0.418 e. The van der Waals surface area contributed by atoms with Gasteiger partial charge in [-0.25, -0.2) is 10.3 Å². The van der Waals surface area contributed by atoms with Gasteiger partial charge in [-0.05, 0) is 55.5 Å². The Balaban J connectivity index is 1.44. The Kier molecular flexibility index (Phi) is 7.34. The standard InChI is InChI=1S/C26H18F6N4O3/c1-15-18(14-33-21-8-4-2-6-19(21)25(27,28)29)23(37)36(34-15)17-12-10-16(11-13-17)24(38)39-35-22-9-5-3-7-20(22)26(30,31)32/h2-14,33,35H,1H3. The molecule has 4 rings (SSSR count). The zero-order chi connectivity index (χ0) is 28.4. The van der Waals surface area contributed by atoms with E-state index in [1.54, 1.807) is 0 Å². The van der Waals surface area contributed by atoms with E-state index in [9.17, 15) is 35.9 Å². The number of para-hydroxylation sites is 2. The first kappa shape index (κ1) is 27.2.